The van der Waals surface area contributed by atoms with Crippen LogP contribution >= 0.6 is 11.8 Å². The molecule has 4 heteroatoms. The van der Waals surface area contributed by atoms with Gasteiger partial charge in [-0.15, -0.1) is 0 Å². The van der Waals surface area contributed by atoms with Gasteiger partial charge < -0.3 is 15.2 Å². The van der Waals surface area contributed by atoms with E-state index >= 15 is 0 Å². The van der Waals surface area contributed by atoms with Crippen molar-refractivity contribution in [1.82, 2.24) is 0 Å². The van der Waals surface area contributed by atoms with Crippen molar-refractivity contribution in [1.29, 1.82) is 0 Å². The van der Waals surface area contributed by atoms with Crippen LogP contribution in [-0.4, -0.2) is 31.3 Å². The fraction of sp³-hybridized carbons (Fsp3) is 0.625. The summed E-state index contributed by atoms with van der Waals surface area (Å²) in [6, 6.07) is 6.25. The summed E-state index contributed by atoms with van der Waals surface area (Å²) < 4.78 is 11.8. The topological polar surface area (TPSA) is 44.5 Å². The van der Waals surface area contributed by atoms with Crippen LogP contribution in [0.3, 0.4) is 0 Å². The minimum absolute atomic E-state index is 0.106. The molecule has 1 atom stereocenters. The van der Waals surface area contributed by atoms with Crippen molar-refractivity contribution in [3.8, 4) is 11.5 Å². The van der Waals surface area contributed by atoms with E-state index in [-0.39, 0.29) is 5.41 Å². The average Bonchev–Trinajstić information content (AvgIpc) is 2.91. The molecule has 0 bridgehead atoms. The van der Waals surface area contributed by atoms with Crippen molar-refractivity contribution >= 4 is 11.8 Å². The minimum Gasteiger partial charge on any atom is -0.493 e. The molecule has 0 spiro atoms. The summed E-state index contributed by atoms with van der Waals surface area (Å²) >= 11 is 1.96. The molecule has 1 heterocycles. The maximum absolute atomic E-state index is 6.16. The second-order valence-electron chi connectivity index (χ2n) is 5.78. The van der Waals surface area contributed by atoms with Gasteiger partial charge in [-0.2, -0.15) is 11.8 Å². The Labute approximate surface area is 125 Å². The monoisotopic (exact) mass is 293 g/mol. The summed E-state index contributed by atoms with van der Waals surface area (Å²) in [5.41, 5.74) is 7.38. The third-order valence-corrected chi connectivity index (χ3v) is 5.77. The SMILES string of the molecule is COc1c(OC2CCSC2)cccc1C1(CN)CCC1. The van der Waals surface area contributed by atoms with E-state index in [1.807, 2.05) is 17.8 Å². The third-order valence-electron chi connectivity index (χ3n) is 4.64. The summed E-state index contributed by atoms with van der Waals surface area (Å²) in [5, 5.41) is 0. The van der Waals surface area contributed by atoms with E-state index in [2.05, 4.69) is 12.1 Å². The van der Waals surface area contributed by atoms with E-state index in [1.165, 1.54) is 17.7 Å². The highest BCUT2D eigenvalue weighted by atomic mass is 32.2. The van der Waals surface area contributed by atoms with Crippen molar-refractivity contribution in [2.45, 2.75) is 37.2 Å². The molecule has 0 aromatic heterocycles. The van der Waals surface area contributed by atoms with Crippen LogP contribution in [0.25, 0.3) is 0 Å². The van der Waals surface area contributed by atoms with Crippen LogP contribution in [0.2, 0.25) is 0 Å². The van der Waals surface area contributed by atoms with Crippen LogP contribution < -0.4 is 15.2 Å². The lowest BCUT2D eigenvalue weighted by Crippen LogP contribution is -2.41. The summed E-state index contributed by atoms with van der Waals surface area (Å²) in [4.78, 5) is 0. The second kappa shape index (κ2) is 5.86. The normalized spacial score (nSPS) is 24.2. The predicted molar refractivity (Wildman–Crippen MR) is 83.9 cm³/mol. The Kier molecular flexibility index (Phi) is 4.13. The van der Waals surface area contributed by atoms with E-state index in [0.29, 0.717) is 12.6 Å². The molecule has 0 radical (unpaired) electrons. The van der Waals surface area contributed by atoms with Gasteiger partial charge >= 0.3 is 0 Å². The number of para-hydroxylation sites is 1. The first kappa shape index (κ1) is 14.1. The van der Waals surface area contributed by atoms with Crippen molar-refractivity contribution in [3.05, 3.63) is 23.8 Å². The highest BCUT2D eigenvalue weighted by Crippen LogP contribution is 2.49. The van der Waals surface area contributed by atoms with E-state index in [0.717, 1.165) is 36.5 Å². The van der Waals surface area contributed by atoms with Crippen molar-refractivity contribution in [2.75, 3.05) is 25.2 Å². The van der Waals surface area contributed by atoms with Gasteiger partial charge in [0.1, 0.15) is 6.10 Å². The Morgan fingerprint density at radius 1 is 1.40 bits per heavy atom. The van der Waals surface area contributed by atoms with Gasteiger partial charge in [-0.05, 0) is 31.1 Å². The van der Waals surface area contributed by atoms with E-state index in [1.54, 1.807) is 7.11 Å². The Hall–Kier alpha value is -0.870. The van der Waals surface area contributed by atoms with Crippen LogP contribution in [-0.2, 0) is 5.41 Å². The number of nitrogens with two attached hydrogens (primary N) is 1. The molecule has 1 unspecified atom stereocenters. The highest BCUT2D eigenvalue weighted by molar-refractivity contribution is 7.99. The zero-order chi connectivity index (χ0) is 14.0. The molecular weight excluding hydrogens is 270 g/mol. The number of benzene rings is 1. The predicted octanol–water partition coefficient (Wildman–Crippen LogP) is 2.96. The van der Waals surface area contributed by atoms with Gasteiger partial charge in [-0.1, -0.05) is 18.6 Å². The zero-order valence-electron chi connectivity index (χ0n) is 12.1. The standard InChI is InChI=1S/C16H23NO2S/c1-18-15-13(16(11-17)7-3-8-16)4-2-5-14(15)19-12-6-9-20-10-12/h2,4-5,12H,3,6-11,17H2,1H3. The van der Waals surface area contributed by atoms with Gasteiger partial charge in [-0.25, -0.2) is 0 Å². The van der Waals surface area contributed by atoms with Crippen LogP contribution in [0.1, 0.15) is 31.2 Å². The van der Waals surface area contributed by atoms with Crippen molar-refractivity contribution in [3.63, 3.8) is 0 Å². The van der Waals surface area contributed by atoms with Gasteiger partial charge in [-0.3, -0.25) is 0 Å². The summed E-state index contributed by atoms with van der Waals surface area (Å²) in [6.45, 7) is 0.687. The Morgan fingerprint density at radius 2 is 2.25 bits per heavy atom. The molecule has 1 saturated carbocycles. The quantitative estimate of drug-likeness (QED) is 0.906. The first-order valence-electron chi connectivity index (χ1n) is 7.41. The summed E-state index contributed by atoms with van der Waals surface area (Å²) in [5.74, 6) is 4.06. The fourth-order valence-electron chi connectivity index (χ4n) is 3.21. The Balaban J connectivity index is 1.90. The third kappa shape index (κ3) is 2.40. The Bertz CT molecular complexity index is 462. The van der Waals surface area contributed by atoms with Crippen LogP contribution in [0.4, 0.5) is 0 Å². The lowest BCUT2D eigenvalue weighted by Gasteiger charge is -2.42. The molecule has 2 N–H and O–H groups in total. The zero-order valence-corrected chi connectivity index (χ0v) is 12.9. The Morgan fingerprint density at radius 3 is 2.80 bits per heavy atom. The molecule has 1 aliphatic heterocycles. The second-order valence-corrected chi connectivity index (χ2v) is 6.93. The van der Waals surface area contributed by atoms with Gasteiger partial charge in [0, 0.05) is 23.3 Å². The number of hydrogen-bond donors (Lipinski definition) is 1. The molecule has 1 aromatic rings. The largest absolute Gasteiger partial charge is 0.493 e. The van der Waals surface area contributed by atoms with Crippen molar-refractivity contribution < 1.29 is 9.47 Å². The van der Waals surface area contributed by atoms with E-state index < -0.39 is 0 Å². The number of ether oxygens (including phenoxy) is 2. The number of methoxy groups -OCH3 is 1. The maximum Gasteiger partial charge on any atom is 0.164 e. The van der Waals surface area contributed by atoms with Crippen LogP contribution in [0.5, 0.6) is 11.5 Å². The van der Waals surface area contributed by atoms with E-state index in [4.69, 9.17) is 15.2 Å². The molecule has 1 saturated heterocycles. The molecule has 1 aliphatic carbocycles. The molecule has 1 aromatic carbocycles. The fourth-order valence-corrected chi connectivity index (χ4v) is 4.30. The molecule has 3 rings (SSSR count). The van der Waals surface area contributed by atoms with Crippen molar-refractivity contribution in [2.24, 2.45) is 5.73 Å². The molecule has 2 fully saturated rings. The molecule has 0 amide bonds. The average molecular weight is 293 g/mol. The van der Waals surface area contributed by atoms with Gasteiger partial charge in [0.25, 0.3) is 0 Å². The molecule has 20 heavy (non-hydrogen) atoms. The molecule has 3 nitrogen and oxygen atoms in total. The number of thioether (sulfide) groups is 1. The van der Waals surface area contributed by atoms with Crippen LogP contribution in [0.15, 0.2) is 18.2 Å². The van der Waals surface area contributed by atoms with Gasteiger partial charge in [0.05, 0.1) is 7.11 Å². The first-order chi connectivity index (χ1) is 9.79. The van der Waals surface area contributed by atoms with Crippen LogP contribution in [0, 0.1) is 0 Å². The lowest BCUT2D eigenvalue weighted by molar-refractivity contribution is 0.209. The van der Waals surface area contributed by atoms with E-state index in [9.17, 15) is 0 Å². The summed E-state index contributed by atoms with van der Waals surface area (Å²) in [6.07, 6.45) is 5.01. The highest BCUT2D eigenvalue weighted by Gasteiger charge is 2.40. The summed E-state index contributed by atoms with van der Waals surface area (Å²) in [7, 11) is 1.73. The maximum atomic E-state index is 6.16. The molecular formula is C16H23NO2S. The van der Waals surface area contributed by atoms with Gasteiger partial charge in [0.15, 0.2) is 11.5 Å². The van der Waals surface area contributed by atoms with Gasteiger partial charge in [0.2, 0.25) is 0 Å². The smallest absolute Gasteiger partial charge is 0.164 e. The number of rotatable bonds is 5. The first-order valence-corrected chi connectivity index (χ1v) is 8.56. The minimum atomic E-state index is 0.106. The lowest BCUT2D eigenvalue weighted by atomic mass is 9.64. The molecule has 2 aliphatic rings. The number of hydrogen-bond acceptors (Lipinski definition) is 4. The molecule has 110 valence electrons.